The first-order valence-electron chi connectivity index (χ1n) is 4.25. The highest BCUT2D eigenvalue weighted by Gasteiger charge is 2.02. The summed E-state index contributed by atoms with van der Waals surface area (Å²) in [5.74, 6) is 1.25. The summed E-state index contributed by atoms with van der Waals surface area (Å²) in [6.45, 7) is 0. The fraction of sp³-hybridized carbons (Fsp3) is 0. The second-order valence-electron chi connectivity index (χ2n) is 2.81. The Hall–Kier alpha value is -1.81. The lowest BCUT2D eigenvalue weighted by molar-refractivity contribution is 0.460. The standard InChI is InChI=1S/C10H8ClN3O/c11-7-3-1-2-4-8(7)15-10-6-13-9(12)5-14-10/h1-6H,(H2,12,13). The molecular weight excluding hydrogens is 214 g/mol. The largest absolute Gasteiger partial charge is 0.436 e. The Morgan fingerprint density at radius 1 is 1.13 bits per heavy atom. The molecule has 76 valence electrons. The van der Waals surface area contributed by atoms with Crippen LogP contribution in [0.5, 0.6) is 11.6 Å². The van der Waals surface area contributed by atoms with Gasteiger partial charge in [-0.1, -0.05) is 23.7 Å². The third-order valence-electron chi connectivity index (χ3n) is 1.70. The zero-order valence-corrected chi connectivity index (χ0v) is 8.48. The van der Waals surface area contributed by atoms with Crippen LogP contribution in [-0.4, -0.2) is 9.97 Å². The molecule has 1 heterocycles. The summed E-state index contributed by atoms with van der Waals surface area (Å²) in [6, 6.07) is 7.14. The molecule has 0 aliphatic carbocycles. The van der Waals surface area contributed by atoms with Gasteiger partial charge >= 0.3 is 0 Å². The van der Waals surface area contributed by atoms with E-state index in [0.717, 1.165) is 0 Å². The van der Waals surface area contributed by atoms with Gasteiger partial charge in [-0.25, -0.2) is 9.97 Å². The van der Waals surface area contributed by atoms with Gasteiger partial charge in [0.05, 0.1) is 17.4 Å². The normalized spacial score (nSPS) is 9.93. The molecule has 0 aliphatic rings. The minimum Gasteiger partial charge on any atom is -0.436 e. The third kappa shape index (κ3) is 2.35. The molecule has 2 rings (SSSR count). The van der Waals surface area contributed by atoms with Crippen molar-refractivity contribution in [2.24, 2.45) is 0 Å². The van der Waals surface area contributed by atoms with E-state index < -0.39 is 0 Å². The molecule has 0 radical (unpaired) electrons. The van der Waals surface area contributed by atoms with E-state index >= 15 is 0 Å². The number of halogens is 1. The topological polar surface area (TPSA) is 61.0 Å². The molecule has 0 aliphatic heterocycles. The van der Waals surface area contributed by atoms with Gasteiger partial charge in [0.2, 0.25) is 5.88 Å². The van der Waals surface area contributed by atoms with E-state index in [2.05, 4.69) is 9.97 Å². The maximum Gasteiger partial charge on any atom is 0.238 e. The van der Waals surface area contributed by atoms with Crippen LogP contribution in [0.15, 0.2) is 36.7 Å². The van der Waals surface area contributed by atoms with Crippen molar-refractivity contribution >= 4 is 17.4 Å². The lowest BCUT2D eigenvalue weighted by Crippen LogP contribution is -1.93. The second-order valence-corrected chi connectivity index (χ2v) is 3.22. The maximum absolute atomic E-state index is 5.91. The highest BCUT2D eigenvalue weighted by atomic mass is 35.5. The summed E-state index contributed by atoms with van der Waals surface area (Å²) in [5, 5.41) is 0.524. The van der Waals surface area contributed by atoms with E-state index in [4.69, 9.17) is 22.1 Å². The highest BCUT2D eigenvalue weighted by Crippen LogP contribution is 2.27. The molecule has 1 aromatic heterocycles. The number of aromatic nitrogens is 2. The van der Waals surface area contributed by atoms with E-state index in [0.29, 0.717) is 22.5 Å². The van der Waals surface area contributed by atoms with E-state index in [-0.39, 0.29) is 0 Å². The Kier molecular flexibility index (Phi) is 2.69. The van der Waals surface area contributed by atoms with Gasteiger partial charge in [-0.15, -0.1) is 0 Å². The van der Waals surface area contributed by atoms with Gasteiger partial charge in [-0.3, -0.25) is 0 Å². The van der Waals surface area contributed by atoms with Crippen LogP contribution in [-0.2, 0) is 0 Å². The van der Waals surface area contributed by atoms with Crippen LogP contribution in [0.1, 0.15) is 0 Å². The number of benzene rings is 1. The molecule has 0 fully saturated rings. The van der Waals surface area contributed by atoms with Crippen LogP contribution in [0.2, 0.25) is 5.02 Å². The number of rotatable bonds is 2. The van der Waals surface area contributed by atoms with Crippen LogP contribution in [0.25, 0.3) is 0 Å². The number of ether oxygens (including phenoxy) is 1. The van der Waals surface area contributed by atoms with E-state index in [9.17, 15) is 0 Å². The summed E-state index contributed by atoms with van der Waals surface area (Å²) < 4.78 is 5.40. The predicted octanol–water partition coefficient (Wildman–Crippen LogP) is 2.50. The van der Waals surface area contributed by atoms with Gasteiger partial charge in [-0.2, -0.15) is 0 Å². The minimum absolute atomic E-state index is 0.349. The molecule has 2 aromatic rings. The quantitative estimate of drug-likeness (QED) is 0.847. The van der Waals surface area contributed by atoms with Gasteiger partial charge in [0, 0.05) is 0 Å². The Morgan fingerprint density at radius 3 is 2.60 bits per heavy atom. The Balaban J connectivity index is 2.22. The summed E-state index contributed by atoms with van der Waals surface area (Å²) in [5.41, 5.74) is 5.39. The number of hydrogen-bond acceptors (Lipinski definition) is 4. The van der Waals surface area contributed by atoms with E-state index in [1.807, 2.05) is 12.1 Å². The molecule has 2 N–H and O–H groups in total. The summed E-state index contributed by atoms with van der Waals surface area (Å²) in [6.07, 6.45) is 2.87. The Morgan fingerprint density at radius 2 is 1.93 bits per heavy atom. The smallest absolute Gasteiger partial charge is 0.238 e. The van der Waals surface area contributed by atoms with Crippen LogP contribution < -0.4 is 10.5 Å². The average Bonchev–Trinajstić information content (AvgIpc) is 2.25. The van der Waals surface area contributed by atoms with Gasteiger partial charge in [0.15, 0.2) is 0 Å². The molecule has 0 saturated carbocycles. The summed E-state index contributed by atoms with van der Waals surface area (Å²) in [7, 11) is 0. The van der Waals surface area contributed by atoms with Crippen molar-refractivity contribution in [3.05, 3.63) is 41.7 Å². The highest BCUT2D eigenvalue weighted by molar-refractivity contribution is 6.32. The molecule has 1 aromatic carbocycles. The van der Waals surface area contributed by atoms with Gasteiger partial charge in [0.25, 0.3) is 0 Å². The molecule has 0 unspecified atom stereocenters. The molecule has 0 saturated heterocycles. The third-order valence-corrected chi connectivity index (χ3v) is 2.01. The first-order valence-corrected chi connectivity index (χ1v) is 4.63. The average molecular weight is 222 g/mol. The van der Waals surface area contributed by atoms with Crippen molar-refractivity contribution in [2.75, 3.05) is 5.73 Å². The molecule has 0 spiro atoms. The summed E-state index contributed by atoms with van der Waals surface area (Å²) >= 11 is 5.91. The van der Waals surface area contributed by atoms with Crippen molar-refractivity contribution in [1.29, 1.82) is 0 Å². The molecule has 5 heteroatoms. The zero-order valence-electron chi connectivity index (χ0n) is 7.72. The van der Waals surface area contributed by atoms with Crippen LogP contribution in [0, 0.1) is 0 Å². The lowest BCUT2D eigenvalue weighted by atomic mass is 10.3. The molecule has 4 nitrogen and oxygen atoms in total. The van der Waals surface area contributed by atoms with Gasteiger partial charge < -0.3 is 10.5 Å². The summed E-state index contributed by atoms with van der Waals surface area (Å²) in [4.78, 5) is 7.80. The number of nitrogens with two attached hydrogens (primary N) is 1. The number of nitrogens with zero attached hydrogens (tertiary/aromatic N) is 2. The van der Waals surface area contributed by atoms with E-state index in [1.165, 1.54) is 12.4 Å². The first kappa shape index (κ1) is 9.73. The molecule has 15 heavy (non-hydrogen) atoms. The van der Waals surface area contributed by atoms with Crippen LogP contribution in [0.3, 0.4) is 0 Å². The van der Waals surface area contributed by atoms with Crippen molar-refractivity contribution < 1.29 is 4.74 Å². The molecule has 0 amide bonds. The predicted molar refractivity (Wildman–Crippen MR) is 58.0 cm³/mol. The van der Waals surface area contributed by atoms with Crippen LogP contribution >= 0.6 is 11.6 Å². The number of anilines is 1. The fourth-order valence-corrected chi connectivity index (χ4v) is 1.19. The fourth-order valence-electron chi connectivity index (χ4n) is 1.02. The lowest BCUT2D eigenvalue weighted by Gasteiger charge is -2.05. The first-order chi connectivity index (χ1) is 7.25. The second kappa shape index (κ2) is 4.14. The van der Waals surface area contributed by atoms with Crippen molar-refractivity contribution in [3.8, 4) is 11.6 Å². The monoisotopic (exact) mass is 221 g/mol. The SMILES string of the molecule is Nc1cnc(Oc2ccccc2Cl)cn1. The molecule has 0 atom stereocenters. The van der Waals surface area contributed by atoms with Crippen molar-refractivity contribution in [2.45, 2.75) is 0 Å². The van der Waals surface area contributed by atoms with Crippen molar-refractivity contribution in [1.82, 2.24) is 9.97 Å². The molecule has 0 bridgehead atoms. The minimum atomic E-state index is 0.349. The number of nitrogen functional groups attached to an aromatic ring is 1. The Bertz CT molecular complexity index is 458. The van der Waals surface area contributed by atoms with Crippen molar-refractivity contribution in [3.63, 3.8) is 0 Å². The van der Waals surface area contributed by atoms with Crippen LogP contribution in [0.4, 0.5) is 5.82 Å². The van der Waals surface area contributed by atoms with E-state index in [1.54, 1.807) is 12.1 Å². The number of para-hydroxylation sites is 1. The molecular formula is C10H8ClN3O. The zero-order chi connectivity index (χ0) is 10.7. The number of hydrogen-bond donors (Lipinski definition) is 1. The van der Waals surface area contributed by atoms with Gasteiger partial charge in [0.1, 0.15) is 11.6 Å². The maximum atomic E-state index is 5.91. The van der Waals surface area contributed by atoms with Gasteiger partial charge in [-0.05, 0) is 12.1 Å². The Labute approximate surface area is 91.7 Å².